The number of rotatable bonds is 5. The number of H-pyrrole nitrogens is 1. The molecule has 4 heteroatoms. The van der Waals surface area contributed by atoms with E-state index in [4.69, 9.17) is 11.1 Å². The molecule has 0 bridgehead atoms. The summed E-state index contributed by atoms with van der Waals surface area (Å²) in [6.45, 7) is 0. The predicted octanol–water partition coefficient (Wildman–Crippen LogP) is 8.44. The first kappa shape index (κ1) is 22.8. The van der Waals surface area contributed by atoms with E-state index in [1.807, 2.05) is 65.4 Å². The van der Waals surface area contributed by atoms with Crippen molar-refractivity contribution in [3.8, 4) is 27.9 Å². The molecule has 0 aliphatic heterocycles. The molecule has 39 heavy (non-hydrogen) atoms. The summed E-state index contributed by atoms with van der Waals surface area (Å²) in [5.41, 5.74) is 16.1. The van der Waals surface area contributed by atoms with E-state index in [1.165, 1.54) is 10.8 Å². The molecular weight excluding hydrogens is 476 g/mol. The topological polar surface area (TPSA) is 70.6 Å². The molecule has 2 aromatic heterocycles. The lowest BCUT2D eigenvalue weighted by molar-refractivity contribution is 1.09. The summed E-state index contributed by atoms with van der Waals surface area (Å²) < 4.78 is 1.92. The molecule has 186 valence electrons. The summed E-state index contributed by atoms with van der Waals surface area (Å²) in [6, 6.07) is 43.4. The van der Waals surface area contributed by atoms with Gasteiger partial charge in [-0.25, -0.2) is 0 Å². The highest BCUT2D eigenvalue weighted by molar-refractivity contribution is 6.17. The molecule has 0 aliphatic rings. The minimum atomic E-state index is 0.404. The van der Waals surface area contributed by atoms with Gasteiger partial charge in [0.15, 0.2) is 0 Å². The second-order valence-corrected chi connectivity index (χ2v) is 9.72. The van der Waals surface area contributed by atoms with Gasteiger partial charge in [0.1, 0.15) is 5.82 Å². The molecule has 7 aromatic rings. The normalized spacial score (nSPS) is 11.3. The van der Waals surface area contributed by atoms with Crippen molar-refractivity contribution in [2.75, 3.05) is 5.73 Å². The lowest BCUT2D eigenvalue weighted by Gasteiger charge is -2.13. The van der Waals surface area contributed by atoms with Gasteiger partial charge < -0.3 is 15.3 Å². The molecule has 4 nitrogen and oxygen atoms in total. The number of hydrogen-bond acceptors (Lipinski definition) is 2. The number of benzene rings is 5. The van der Waals surface area contributed by atoms with Crippen LogP contribution in [0.25, 0.3) is 49.7 Å². The molecule has 4 N–H and O–H groups in total. The van der Waals surface area contributed by atoms with E-state index in [-0.39, 0.29) is 0 Å². The van der Waals surface area contributed by atoms with Gasteiger partial charge in [-0.05, 0) is 47.0 Å². The van der Waals surface area contributed by atoms with Crippen LogP contribution in [0.15, 0.2) is 134 Å². The number of nitrogens with two attached hydrogens (primary N) is 1. The van der Waals surface area contributed by atoms with Gasteiger partial charge in [0.2, 0.25) is 0 Å². The fraction of sp³-hybridized carbons (Fsp3) is 0. The van der Waals surface area contributed by atoms with E-state index >= 15 is 0 Å². The van der Waals surface area contributed by atoms with Crippen LogP contribution in [-0.4, -0.2) is 15.3 Å². The van der Waals surface area contributed by atoms with Crippen LogP contribution >= 0.6 is 0 Å². The van der Waals surface area contributed by atoms with Crippen LogP contribution in [0.4, 0.5) is 5.82 Å². The highest BCUT2D eigenvalue weighted by atomic mass is 15.0. The summed E-state index contributed by atoms with van der Waals surface area (Å²) >= 11 is 0. The number of nitrogens with one attached hydrogen (secondary N) is 2. The molecule has 0 atom stereocenters. The van der Waals surface area contributed by atoms with E-state index < -0.39 is 0 Å². The van der Waals surface area contributed by atoms with Crippen molar-refractivity contribution in [3.63, 3.8) is 0 Å². The summed E-state index contributed by atoms with van der Waals surface area (Å²) in [7, 11) is 0. The summed E-state index contributed by atoms with van der Waals surface area (Å²) in [4.78, 5) is 3.63. The highest BCUT2D eigenvalue weighted by Crippen LogP contribution is 2.36. The lowest BCUT2D eigenvalue weighted by atomic mass is 9.92. The average Bonchev–Trinajstić information content (AvgIpc) is 3.57. The Labute approximate surface area is 226 Å². The Hall–Kier alpha value is -5.35. The van der Waals surface area contributed by atoms with Crippen LogP contribution in [0.2, 0.25) is 0 Å². The van der Waals surface area contributed by atoms with Crippen molar-refractivity contribution in [2.24, 2.45) is 0 Å². The number of anilines is 1. The largest absolute Gasteiger partial charge is 0.384 e. The van der Waals surface area contributed by atoms with Crippen LogP contribution < -0.4 is 5.73 Å². The molecule has 7 rings (SSSR count). The number of aromatic amines is 1. The SMILES string of the molecule is N=C(c1ccccc1-c1cccc(-c2cccc3c2[nH]c2ccccc23)c1)c1ccn(-c2ccccc2)c1N. The van der Waals surface area contributed by atoms with E-state index in [0.717, 1.165) is 44.5 Å². The van der Waals surface area contributed by atoms with E-state index in [2.05, 4.69) is 77.8 Å². The van der Waals surface area contributed by atoms with Gasteiger partial charge in [-0.2, -0.15) is 0 Å². The monoisotopic (exact) mass is 502 g/mol. The molecular formula is C35H26N4. The van der Waals surface area contributed by atoms with Gasteiger partial charge in [-0.3, -0.25) is 5.41 Å². The standard InChI is InChI=1S/C35H26N4/c36-33(31-20-21-39(35(31)37)25-12-2-1-3-13-25)29-16-5-4-14-26(29)23-10-8-11-24(22-23)27-17-9-18-30-28-15-6-7-19-32(28)38-34(27)30/h1-22,36,38H,37H2. The Morgan fingerprint density at radius 3 is 2.15 bits per heavy atom. The highest BCUT2D eigenvalue weighted by Gasteiger charge is 2.17. The zero-order chi connectivity index (χ0) is 26.3. The first-order valence-electron chi connectivity index (χ1n) is 13.0. The third kappa shape index (κ3) is 3.82. The maximum atomic E-state index is 9.17. The van der Waals surface area contributed by atoms with Crippen LogP contribution in [-0.2, 0) is 0 Å². The predicted molar refractivity (Wildman–Crippen MR) is 163 cm³/mol. The first-order valence-corrected chi connectivity index (χ1v) is 13.0. The Morgan fingerprint density at radius 2 is 1.28 bits per heavy atom. The molecule has 0 saturated heterocycles. The van der Waals surface area contributed by atoms with Crippen LogP contribution in [0.1, 0.15) is 11.1 Å². The number of para-hydroxylation sites is 3. The summed E-state index contributed by atoms with van der Waals surface area (Å²) in [6.07, 6.45) is 1.93. The minimum absolute atomic E-state index is 0.404. The first-order chi connectivity index (χ1) is 19.2. The maximum absolute atomic E-state index is 9.17. The number of hydrogen-bond donors (Lipinski definition) is 3. The molecule has 2 heterocycles. The van der Waals surface area contributed by atoms with E-state index in [0.29, 0.717) is 17.1 Å². The second-order valence-electron chi connectivity index (χ2n) is 9.72. The zero-order valence-corrected chi connectivity index (χ0v) is 21.2. The molecule has 0 radical (unpaired) electrons. The molecule has 0 aliphatic carbocycles. The Kier molecular flexibility index (Phi) is 5.38. The van der Waals surface area contributed by atoms with Crippen molar-refractivity contribution in [2.45, 2.75) is 0 Å². The Morgan fingerprint density at radius 1 is 0.615 bits per heavy atom. The Balaban J connectivity index is 1.31. The van der Waals surface area contributed by atoms with Crippen molar-refractivity contribution in [1.82, 2.24) is 9.55 Å². The molecule has 5 aromatic carbocycles. The molecule has 0 saturated carbocycles. The van der Waals surface area contributed by atoms with Gasteiger partial charge in [0.05, 0.1) is 11.2 Å². The van der Waals surface area contributed by atoms with Crippen molar-refractivity contribution in [3.05, 3.63) is 145 Å². The number of aromatic nitrogens is 2. The smallest absolute Gasteiger partial charge is 0.117 e. The van der Waals surface area contributed by atoms with Gasteiger partial charge in [-0.15, -0.1) is 0 Å². The molecule has 0 amide bonds. The third-order valence-electron chi connectivity index (χ3n) is 7.45. The zero-order valence-electron chi connectivity index (χ0n) is 21.2. The van der Waals surface area contributed by atoms with Crippen LogP contribution in [0.3, 0.4) is 0 Å². The number of nitrogens with zero attached hydrogens (tertiary/aromatic N) is 1. The molecule has 0 spiro atoms. The van der Waals surface area contributed by atoms with Gasteiger partial charge in [-0.1, -0.05) is 97.1 Å². The van der Waals surface area contributed by atoms with Crippen molar-refractivity contribution in [1.29, 1.82) is 5.41 Å². The van der Waals surface area contributed by atoms with E-state index in [9.17, 15) is 0 Å². The summed E-state index contributed by atoms with van der Waals surface area (Å²) in [5.74, 6) is 0.556. The van der Waals surface area contributed by atoms with Crippen molar-refractivity contribution < 1.29 is 0 Å². The summed E-state index contributed by atoms with van der Waals surface area (Å²) in [5, 5.41) is 11.6. The molecule has 0 unspecified atom stereocenters. The number of nitrogen functional groups attached to an aromatic ring is 1. The van der Waals surface area contributed by atoms with Crippen molar-refractivity contribution >= 4 is 33.3 Å². The Bertz CT molecular complexity index is 1990. The third-order valence-corrected chi connectivity index (χ3v) is 7.45. The number of fused-ring (bicyclic) bond motifs is 3. The van der Waals surface area contributed by atoms with E-state index in [1.54, 1.807) is 0 Å². The quantitative estimate of drug-likeness (QED) is 0.203. The maximum Gasteiger partial charge on any atom is 0.117 e. The second kappa shape index (κ2) is 9.19. The average molecular weight is 503 g/mol. The lowest BCUT2D eigenvalue weighted by Crippen LogP contribution is -2.08. The fourth-order valence-electron chi connectivity index (χ4n) is 5.54. The van der Waals surface area contributed by atoms with Crippen LogP contribution in [0.5, 0.6) is 0 Å². The van der Waals surface area contributed by atoms with Gasteiger partial charge in [0.25, 0.3) is 0 Å². The molecule has 0 fully saturated rings. The minimum Gasteiger partial charge on any atom is -0.384 e. The van der Waals surface area contributed by atoms with Gasteiger partial charge in [0, 0.05) is 44.9 Å². The fourth-order valence-corrected chi connectivity index (χ4v) is 5.54. The van der Waals surface area contributed by atoms with Crippen LogP contribution in [0, 0.1) is 5.41 Å². The van der Waals surface area contributed by atoms with Gasteiger partial charge >= 0.3 is 0 Å².